The lowest BCUT2D eigenvalue weighted by molar-refractivity contribution is -0.138. The molecule has 6 N–H and O–H groups in total. The Kier molecular flexibility index (Phi) is 8.15. The fraction of sp³-hybridized carbons (Fsp3) is 0.556. The highest BCUT2D eigenvalue weighted by molar-refractivity contribution is 6.07. The number of carbonyl (C=O) groups is 2. The van der Waals surface area contributed by atoms with Gasteiger partial charge in [-0.2, -0.15) is 0 Å². The van der Waals surface area contributed by atoms with E-state index in [9.17, 15) is 9.59 Å². The van der Waals surface area contributed by atoms with Crippen molar-refractivity contribution in [1.82, 2.24) is 15.2 Å². The Hall–Kier alpha value is -2.52. The maximum absolute atomic E-state index is 12.4. The fourth-order valence-corrected chi connectivity index (χ4v) is 2.80. The number of pyridine rings is 1. The molecule has 0 bridgehead atoms. The van der Waals surface area contributed by atoms with Gasteiger partial charge in [0.15, 0.2) is 0 Å². The SMILES string of the molecule is CN(C(=O)C[C@@H](N)CCCCCN)C1CN=C(Nc2ccccn2)NC1=O. The van der Waals surface area contributed by atoms with Gasteiger partial charge in [0.1, 0.15) is 11.9 Å². The summed E-state index contributed by atoms with van der Waals surface area (Å²) in [6, 6.07) is 4.54. The van der Waals surface area contributed by atoms with Crippen molar-refractivity contribution in [2.45, 2.75) is 44.2 Å². The molecule has 27 heavy (non-hydrogen) atoms. The van der Waals surface area contributed by atoms with Crippen LogP contribution in [0.5, 0.6) is 0 Å². The van der Waals surface area contributed by atoms with Crippen LogP contribution in [0.4, 0.5) is 5.82 Å². The Morgan fingerprint density at radius 1 is 1.41 bits per heavy atom. The predicted molar refractivity (Wildman–Crippen MR) is 105 cm³/mol. The van der Waals surface area contributed by atoms with Gasteiger partial charge in [0, 0.05) is 25.7 Å². The number of rotatable bonds is 9. The summed E-state index contributed by atoms with van der Waals surface area (Å²) in [6.07, 6.45) is 5.56. The summed E-state index contributed by atoms with van der Waals surface area (Å²) in [4.78, 5) is 34.7. The molecule has 1 aromatic heterocycles. The van der Waals surface area contributed by atoms with Crippen LogP contribution < -0.4 is 22.1 Å². The number of unbranched alkanes of at least 4 members (excludes halogenated alkanes) is 2. The van der Waals surface area contributed by atoms with Crippen LogP contribution in [0.15, 0.2) is 29.4 Å². The van der Waals surface area contributed by atoms with E-state index in [0.29, 0.717) is 18.3 Å². The molecule has 2 rings (SSSR count). The molecule has 0 aromatic carbocycles. The molecular formula is C18H29N7O2. The summed E-state index contributed by atoms with van der Waals surface area (Å²) in [5.74, 6) is 0.473. The molecule has 9 heteroatoms. The van der Waals surface area contributed by atoms with E-state index in [4.69, 9.17) is 11.5 Å². The normalized spacial score (nSPS) is 17.7. The summed E-state index contributed by atoms with van der Waals surface area (Å²) in [5, 5.41) is 5.62. The number of amides is 2. The Labute approximate surface area is 159 Å². The second-order valence-corrected chi connectivity index (χ2v) is 6.64. The van der Waals surface area contributed by atoms with E-state index < -0.39 is 6.04 Å². The third kappa shape index (κ3) is 6.61. The van der Waals surface area contributed by atoms with Crippen molar-refractivity contribution in [2.75, 3.05) is 25.5 Å². The van der Waals surface area contributed by atoms with Crippen molar-refractivity contribution in [3.63, 3.8) is 0 Å². The van der Waals surface area contributed by atoms with Gasteiger partial charge >= 0.3 is 0 Å². The average Bonchev–Trinajstić information content (AvgIpc) is 2.65. The first-order valence-corrected chi connectivity index (χ1v) is 9.26. The zero-order chi connectivity index (χ0) is 19.6. The van der Waals surface area contributed by atoms with Crippen molar-refractivity contribution in [3.8, 4) is 0 Å². The smallest absolute Gasteiger partial charge is 0.251 e. The largest absolute Gasteiger partial charge is 0.332 e. The number of likely N-dealkylation sites (N-methyl/N-ethyl adjacent to an activating group) is 1. The van der Waals surface area contributed by atoms with Crippen molar-refractivity contribution < 1.29 is 9.59 Å². The van der Waals surface area contributed by atoms with Gasteiger partial charge in [0.2, 0.25) is 11.9 Å². The zero-order valence-electron chi connectivity index (χ0n) is 15.7. The van der Waals surface area contributed by atoms with Gasteiger partial charge in [0.05, 0.1) is 6.54 Å². The van der Waals surface area contributed by atoms with Gasteiger partial charge in [0.25, 0.3) is 5.91 Å². The number of guanidine groups is 1. The highest BCUT2D eigenvalue weighted by atomic mass is 16.2. The van der Waals surface area contributed by atoms with Gasteiger partial charge < -0.3 is 21.7 Å². The van der Waals surface area contributed by atoms with Crippen LogP contribution in [0.1, 0.15) is 32.1 Å². The van der Waals surface area contributed by atoms with Crippen molar-refractivity contribution >= 4 is 23.6 Å². The number of nitrogens with zero attached hydrogens (tertiary/aromatic N) is 3. The van der Waals surface area contributed by atoms with E-state index >= 15 is 0 Å². The molecule has 0 saturated heterocycles. The standard InChI is InChI=1S/C18H29N7O2/c1-25(16(26)11-13(20)7-3-2-5-9-19)14-12-22-18(24-17(14)27)23-15-8-4-6-10-21-15/h4,6,8,10,13-14H,2-3,5,7,9,11-12,19-20H2,1H3,(H2,21,22,23,24,27)/t13-,14?/m0/s1. The van der Waals surface area contributed by atoms with Gasteiger partial charge in [-0.15, -0.1) is 0 Å². The highest BCUT2D eigenvalue weighted by Crippen LogP contribution is 2.10. The second-order valence-electron chi connectivity index (χ2n) is 6.64. The quantitative estimate of drug-likeness (QED) is 0.450. The van der Waals surface area contributed by atoms with E-state index in [0.717, 1.165) is 25.7 Å². The van der Waals surface area contributed by atoms with Crippen molar-refractivity contribution in [3.05, 3.63) is 24.4 Å². The molecule has 0 saturated carbocycles. The summed E-state index contributed by atoms with van der Waals surface area (Å²) in [5.41, 5.74) is 11.5. The third-order valence-electron chi connectivity index (χ3n) is 4.45. The molecule has 148 valence electrons. The number of aromatic nitrogens is 1. The average molecular weight is 375 g/mol. The molecule has 1 aliphatic rings. The Morgan fingerprint density at radius 2 is 2.22 bits per heavy atom. The van der Waals surface area contributed by atoms with E-state index in [1.54, 1.807) is 25.4 Å². The van der Waals surface area contributed by atoms with Crippen LogP contribution in [0.3, 0.4) is 0 Å². The number of hydrogen-bond donors (Lipinski definition) is 4. The van der Waals surface area contributed by atoms with Crippen LogP contribution in [-0.2, 0) is 9.59 Å². The van der Waals surface area contributed by atoms with Crippen LogP contribution in [0.25, 0.3) is 0 Å². The lowest BCUT2D eigenvalue weighted by atomic mass is 10.0. The first-order chi connectivity index (χ1) is 13.0. The minimum absolute atomic E-state index is 0.155. The van der Waals surface area contributed by atoms with Crippen molar-refractivity contribution in [2.24, 2.45) is 16.5 Å². The molecule has 2 amide bonds. The van der Waals surface area contributed by atoms with E-state index in [1.165, 1.54) is 4.90 Å². The topological polar surface area (TPSA) is 139 Å². The highest BCUT2D eigenvalue weighted by Gasteiger charge is 2.31. The van der Waals surface area contributed by atoms with Gasteiger partial charge in [-0.05, 0) is 31.5 Å². The molecule has 0 radical (unpaired) electrons. The van der Waals surface area contributed by atoms with Crippen LogP contribution in [0, 0.1) is 0 Å². The van der Waals surface area contributed by atoms with Crippen LogP contribution in [-0.4, -0.2) is 59.9 Å². The Bertz CT molecular complexity index is 650. The second kappa shape index (κ2) is 10.6. The number of carbonyl (C=O) groups excluding carboxylic acids is 2. The first kappa shape index (κ1) is 20.8. The first-order valence-electron chi connectivity index (χ1n) is 9.26. The summed E-state index contributed by atoms with van der Waals surface area (Å²) in [7, 11) is 1.61. The van der Waals surface area contributed by atoms with Gasteiger partial charge in [-0.25, -0.2) is 9.98 Å². The molecule has 2 atom stereocenters. The lowest BCUT2D eigenvalue weighted by Crippen LogP contribution is -2.55. The van der Waals surface area contributed by atoms with Crippen molar-refractivity contribution in [1.29, 1.82) is 0 Å². The molecule has 1 unspecified atom stereocenters. The Balaban J connectivity index is 1.83. The number of nitrogens with two attached hydrogens (primary N) is 2. The molecule has 0 aliphatic carbocycles. The summed E-state index contributed by atoms with van der Waals surface area (Å²) < 4.78 is 0. The number of hydrogen-bond acceptors (Lipinski definition) is 7. The monoisotopic (exact) mass is 375 g/mol. The van der Waals surface area contributed by atoms with Gasteiger partial charge in [-0.3, -0.25) is 14.9 Å². The molecule has 0 spiro atoms. The molecule has 9 nitrogen and oxygen atoms in total. The van der Waals surface area contributed by atoms with Gasteiger partial charge in [-0.1, -0.05) is 18.9 Å². The molecule has 1 aliphatic heterocycles. The number of anilines is 1. The minimum Gasteiger partial charge on any atom is -0.332 e. The number of nitrogens with one attached hydrogen (secondary N) is 2. The van der Waals surface area contributed by atoms with Crippen LogP contribution >= 0.6 is 0 Å². The fourth-order valence-electron chi connectivity index (χ4n) is 2.80. The Morgan fingerprint density at radius 3 is 2.89 bits per heavy atom. The predicted octanol–water partition coefficient (Wildman–Crippen LogP) is 0.0428. The lowest BCUT2D eigenvalue weighted by Gasteiger charge is -2.30. The van der Waals surface area contributed by atoms with E-state index in [-0.39, 0.29) is 30.8 Å². The molecule has 1 aromatic rings. The maximum atomic E-state index is 12.4. The minimum atomic E-state index is -0.642. The number of aliphatic imine (C=N–C) groups is 1. The summed E-state index contributed by atoms with van der Waals surface area (Å²) in [6.45, 7) is 0.861. The molecule has 0 fully saturated rings. The summed E-state index contributed by atoms with van der Waals surface area (Å²) >= 11 is 0. The van der Waals surface area contributed by atoms with E-state index in [2.05, 4.69) is 20.6 Å². The molecular weight excluding hydrogens is 346 g/mol. The zero-order valence-corrected chi connectivity index (χ0v) is 15.7. The molecule has 2 heterocycles. The van der Waals surface area contributed by atoms with E-state index in [1.807, 2.05) is 6.07 Å². The third-order valence-corrected chi connectivity index (χ3v) is 4.45. The van der Waals surface area contributed by atoms with Crippen LogP contribution in [0.2, 0.25) is 0 Å². The maximum Gasteiger partial charge on any atom is 0.251 e.